The number of carbonyl (C=O) groups is 1. The van der Waals surface area contributed by atoms with Gasteiger partial charge in [0.15, 0.2) is 0 Å². The minimum absolute atomic E-state index is 0.0533. The van der Waals surface area contributed by atoms with E-state index in [2.05, 4.69) is 23.1 Å². The quantitative estimate of drug-likeness (QED) is 0.122. The normalized spacial score (nSPS) is 14.3. The maximum absolute atomic E-state index is 14.5. The number of amides is 1. The molecule has 2 rings (SSSR count). The van der Waals surface area contributed by atoms with Crippen LogP contribution < -0.4 is 0 Å². The van der Waals surface area contributed by atoms with E-state index in [4.69, 9.17) is 0 Å². The predicted molar refractivity (Wildman–Crippen MR) is 149 cm³/mol. The minimum atomic E-state index is -5.01. The van der Waals surface area contributed by atoms with Gasteiger partial charge in [-0.1, -0.05) is 92.0 Å². The van der Waals surface area contributed by atoms with Gasteiger partial charge in [0.1, 0.15) is 5.76 Å². The number of aliphatic hydroxyl groups excluding tert-OH is 1. The molecule has 0 saturated carbocycles. The van der Waals surface area contributed by atoms with Crippen molar-refractivity contribution in [3.05, 3.63) is 149 Å². The molecule has 0 saturated heterocycles. The molecule has 1 amide bonds. The topological polar surface area (TPSA) is 79.2 Å². The molecule has 0 aliphatic carbocycles. The molecule has 40 heavy (non-hydrogen) atoms. The molecule has 2 aromatic rings. The van der Waals surface area contributed by atoms with E-state index < -0.39 is 36.2 Å². The summed E-state index contributed by atoms with van der Waals surface area (Å²) in [7, 11) is 0. The molecule has 6 nitrogen and oxygen atoms in total. The Morgan fingerprint density at radius 3 is 2.00 bits per heavy atom. The SMILES string of the molecule is C=C/C(=C\C=C(/CO)C(N=O)(C(=C)C)C(=O)N(/C=C/C=C\C)C(c1ccccc1)c1ccccc1)OC(F)(F)F. The molecule has 0 aromatic heterocycles. The van der Waals surface area contributed by atoms with Crippen LogP contribution in [-0.2, 0) is 9.53 Å². The Morgan fingerprint density at radius 1 is 1.05 bits per heavy atom. The van der Waals surface area contributed by atoms with Gasteiger partial charge < -0.3 is 14.7 Å². The second kappa shape index (κ2) is 14.6. The van der Waals surface area contributed by atoms with Crippen LogP contribution >= 0.6 is 0 Å². The number of rotatable bonds is 13. The maximum Gasteiger partial charge on any atom is 0.573 e. The van der Waals surface area contributed by atoms with Crippen molar-refractivity contribution >= 4 is 5.91 Å². The number of hydrogen-bond acceptors (Lipinski definition) is 5. The summed E-state index contributed by atoms with van der Waals surface area (Å²) < 4.78 is 42.2. The molecule has 0 fully saturated rings. The van der Waals surface area contributed by atoms with E-state index in [1.807, 2.05) is 36.4 Å². The third-order valence-electron chi connectivity index (χ3n) is 5.88. The number of carbonyl (C=O) groups excluding carboxylic acids is 1. The first-order valence-corrected chi connectivity index (χ1v) is 12.2. The molecule has 0 spiro atoms. The van der Waals surface area contributed by atoms with Crippen molar-refractivity contribution in [3.63, 3.8) is 0 Å². The zero-order chi connectivity index (χ0) is 29.8. The lowest BCUT2D eigenvalue weighted by molar-refractivity contribution is -0.303. The molecule has 1 atom stereocenters. The van der Waals surface area contributed by atoms with Crippen LogP contribution in [0.4, 0.5) is 13.2 Å². The summed E-state index contributed by atoms with van der Waals surface area (Å²) in [6, 6.07) is 17.3. The second-order valence-corrected chi connectivity index (χ2v) is 8.56. The van der Waals surface area contributed by atoms with Gasteiger partial charge in [0.25, 0.3) is 5.91 Å². The highest BCUT2D eigenvalue weighted by atomic mass is 19.4. The molecule has 1 N–H and O–H groups in total. The number of benzene rings is 2. The summed E-state index contributed by atoms with van der Waals surface area (Å²) in [4.78, 5) is 28.3. The van der Waals surface area contributed by atoms with Crippen LogP contribution in [0, 0.1) is 4.91 Å². The first-order chi connectivity index (χ1) is 19.0. The summed E-state index contributed by atoms with van der Waals surface area (Å²) >= 11 is 0. The van der Waals surface area contributed by atoms with Crippen LogP contribution in [0.25, 0.3) is 0 Å². The number of allylic oxidation sites excluding steroid dienone is 6. The van der Waals surface area contributed by atoms with Crippen molar-refractivity contribution in [2.24, 2.45) is 5.18 Å². The number of nitroso groups, excluding NO2 is 1. The summed E-state index contributed by atoms with van der Waals surface area (Å²) in [5, 5.41) is 13.4. The average molecular weight is 553 g/mol. The largest absolute Gasteiger partial charge is 0.573 e. The Balaban J connectivity index is 2.84. The molecule has 1 unspecified atom stereocenters. The third kappa shape index (κ3) is 7.77. The lowest BCUT2D eigenvalue weighted by Gasteiger charge is -2.37. The van der Waals surface area contributed by atoms with Gasteiger partial charge in [0, 0.05) is 6.20 Å². The van der Waals surface area contributed by atoms with Gasteiger partial charge in [-0.3, -0.25) is 4.79 Å². The third-order valence-corrected chi connectivity index (χ3v) is 5.88. The first kappa shape index (κ1) is 31.7. The smallest absolute Gasteiger partial charge is 0.406 e. The van der Waals surface area contributed by atoms with E-state index in [0.29, 0.717) is 11.1 Å². The van der Waals surface area contributed by atoms with Crippen LogP contribution in [0.2, 0.25) is 0 Å². The monoisotopic (exact) mass is 552 g/mol. The highest BCUT2D eigenvalue weighted by molar-refractivity contribution is 5.95. The van der Waals surface area contributed by atoms with Gasteiger partial charge >= 0.3 is 6.36 Å². The number of nitrogens with zero attached hydrogens (tertiary/aromatic N) is 2. The van der Waals surface area contributed by atoms with Crippen LogP contribution in [0.1, 0.15) is 31.0 Å². The molecule has 0 aliphatic rings. The van der Waals surface area contributed by atoms with Crippen LogP contribution in [0.3, 0.4) is 0 Å². The van der Waals surface area contributed by atoms with Crippen molar-refractivity contribution in [3.8, 4) is 0 Å². The Kier molecular flexibility index (Phi) is 11.6. The lowest BCUT2D eigenvalue weighted by atomic mass is 9.81. The highest BCUT2D eigenvalue weighted by Gasteiger charge is 2.48. The summed E-state index contributed by atoms with van der Waals surface area (Å²) in [5.41, 5.74) is -1.33. The number of hydrogen-bond donors (Lipinski definition) is 1. The molecule has 9 heteroatoms. The van der Waals surface area contributed by atoms with Crippen molar-refractivity contribution < 1.29 is 27.8 Å². The van der Waals surface area contributed by atoms with E-state index in [1.54, 1.807) is 49.4 Å². The van der Waals surface area contributed by atoms with Gasteiger partial charge in [-0.15, -0.1) is 18.1 Å². The van der Waals surface area contributed by atoms with Crippen molar-refractivity contribution in [2.75, 3.05) is 6.61 Å². The molecule has 0 radical (unpaired) electrons. The molecule has 210 valence electrons. The first-order valence-electron chi connectivity index (χ1n) is 12.2. The van der Waals surface area contributed by atoms with E-state index >= 15 is 0 Å². The Morgan fingerprint density at radius 2 is 1.60 bits per heavy atom. The lowest BCUT2D eigenvalue weighted by Crippen LogP contribution is -2.49. The van der Waals surface area contributed by atoms with E-state index in [1.165, 1.54) is 18.0 Å². The highest BCUT2D eigenvalue weighted by Crippen LogP contribution is 2.37. The maximum atomic E-state index is 14.5. The van der Waals surface area contributed by atoms with E-state index in [-0.39, 0.29) is 11.1 Å². The molecule has 0 aliphatic heterocycles. The number of aliphatic hydroxyl groups is 1. The van der Waals surface area contributed by atoms with E-state index in [9.17, 15) is 28.0 Å². The summed E-state index contributed by atoms with van der Waals surface area (Å²) in [6.07, 6.45) is 4.10. The fraction of sp³-hybridized carbons (Fsp3) is 0.194. The Hall–Kier alpha value is -4.50. The zero-order valence-electron chi connectivity index (χ0n) is 22.2. The molecule has 0 heterocycles. The second-order valence-electron chi connectivity index (χ2n) is 8.56. The van der Waals surface area contributed by atoms with Gasteiger partial charge in [0.2, 0.25) is 5.54 Å². The standard InChI is InChI=1S/C31H31F3N2O4/c1-5-7-14-21-36(28(24-15-10-8-11-16-24)25-17-12-9-13-18-25)29(38)30(35-39,23(3)4)26(22-37)19-20-27(6-2)40-31(32,33)34/h5-21,28,37H,2-3,22H2,1,4H3/b7-5-,21-14+,26-19+,27-20+. The van der Waals surface area contributed by atoms with Gasteiger partial charge in [-0.2, -0.15) is 0 Å². The van der Waals surface area contributed by atoms with Gasteiger partial charge in [-0.25, -0.2) is 0 Å². The fourth-order valence-electron chi connectivity index (χ4n) is 4.01. The molecule has 2 aromatic carbocycles. The van der Waals surface area contributed by atoms with Crippen molar-refractivity contribution in [2.45, 2.75) is 31.8 Å². The Labute approximate surface area is 231 Å². The van der Waals surface area contributed by atoms with Crippen LogP contribution in [0.15, 0.2) is 139 Å². The Bertz CT molecular complexity index is 1260. The minimum Gasteiger partial charge on any atom is -0.406 e. The number of ether oxygens (including phenoxy) is 1. The zero-order valence-corrected chi connectivity index (χ0v) is 22.2. The van der Waals surface area contributed by atoms with Crippen molar-refractivity contribution in [1.82, 2.24) is 4.90 Å². The molecular weight excluding hydrogens is 521 g/mol. The average Bonchev–Trinajstić information content (AvgIpc) is 2.94. The van der Waals surface area contributed by atoms with Crippen LogP contribution in [-0.4, -0.2) is 34.4 Å². The van der Waals surface area contributed by atoms with Gasteiger partial charge in [-0.05, 0) is 59.5 Å². The van der Waals surface area contributed by atoms with Gasteiger partial charge in [0.05, 0.1) is 12.6 Å². The van der Waals surface area contributed by atoms with E-state index in [0.717, 1.165) is 18.2 Å². The van der Waals surface area contributed by atoms with Crippen LogP contribution in [0.5, 0.6) is 0 Å². The number of halogens is 3. The molecular formula is C31H31F3N2O4. The summed E-state index contributed by atoms with van der Waals surface area (Å²) in [5.74, 6) is -1.59. The van der Waals surface area contributed by atoms with Crippen molar-refractivity contribution in [1.29, 1.82) is 0 Å². The fourth-order valence-corrected chi connectivity index (χ4v) is 4.01. The summed E-state index contributed by atoms with van der Waals surface area (Å²) in [6.45, 7) is 9.34. The predicted octanol–water partition coefficient (Wildman–Crippen LogP) is 7.30. The number of alkyl halides is 3. The molecule has 0 bridgehead atoms.